The number of hydrogen-bond donors (Lipinski definition) is 1. The van der Waals surface area contributed by atoms with Gasteiger partial charge in [0.15, 0.2) is 0 Å². The van der Waals surface area contributed by atoms with Gasteiger partial charge in [0.25, 0.3) is 0 Å². The Hall–Kier alpha value is -1.25. The molecule has 0 bridgehead atoms. The molecule has 1 aromatic heterocycles. The van der Waals surface area contributed by atoms with Gasteiger partial charge in [-0.05, 0) is 49.1 Å². The lowest BCUT2D eigenvalue weighted by Gasteiger charge is -2.26. The zero-order valence-corrected chi connectivity index (χ0v) is 11.8. The third-order valence-electron chi connectivity index (χ3n) is 4.43. The minimum absolute atomic E-state index is 0.446. The van der Waals surface area contributed by atoms with E-state index in [0.29, 0.717) is 6.04 Å². The van der Waals surface area contributed by atoms with E-state index in [1.807, 2.05) is 6.07 Å². The third kappa shape index (κ3) is 1.67. The van der Waals surface area contributed by atoms with Gasteiger partial charge in [-0.2, -0.15) is 0 Å². The van der Waals surface area contributed by atoms with Gasteiger partial charge in [0.2, 0.25) is 0 Å². The molecule has 1 aliphatic carbocycles. The second kappa shape index (κ2) is 4.12. The molecule has 0 amide bonds. The van der Waals surface area contributed by atoms with Gasteiger partial charge < -0.3 is 9.88 Å². The van der Waals surface area contributed by atoms with Crippen molar-refractivity contribution in [1.29, 1.82) is 0 Å². The minimum atomic E-state index is 0.446. The number of nitrogens with zero attached hydrogens (tertiary/aromatic N) is 1. The van der Waals surface area contributed by atoms with E-state index in [4.69, 9.17) is 11.6 Å². The summed E-state index contributed by atoms with van der Waals surface area (Å²) in [6.45, 7) is 4.35. The van der Waals surface area contributed by atoms with Gasteiger partial charge >= 0.3 is 0 Å². The molecule has 1 atom stereocenters. The largest absolute Gasteiger partial charge is 0.342 e. The molecule has 0 radical (unpaired) electrons. The molecule has 1 unspecified atom stereocenters. The summed E-state index contributed by atoms with van der Waals surface area (Å²) in [5.41, 5.74) is 7.09. The molecule has 19 heavy (non-hydrogen) atoms. The lowest BCUT2D eigenvalue weighted by atomic mass is 9.90. The molecule has 2 aliphatic rings. The molecule has 2 aromatic rings. The van der Waals surface area contributed by atoms with Crippen LogP contribution in [0.4, 0.5) is 0 Å². The van der Waals surface area contributed by atoms with E-state index < -0.39 is 0 Å². The van der Waals surface area contributed by atoms with E-state index in [1.54, 1.807) is 0 Å². The van der Waals surface area contributed by atoms with Crippen molar-refractivity contribution in [1.82, 2.24) is 9.88 Å². The predicted octanol–water partition coefficient (Wildman–Crippen LogP) is 3.57. The molecular formula is C16H17ClN2. The van der Waals surface area contributed by atoms with Gasteiger partial charge in [-0.25, -0.2) is 0 Å². The minimum Gasteiger partial charge on any atom is -0.342 e. The summed E-state index contributed by atoms with van der Waals surface area (Å²) < 4.78 is 2.49. The second-order valence-electron chi connectivity index (χ2n) is 5.57. The van der Waals surface area contributed by atoms with Crippen molar-refractivity contribution in [3.63, 3.8) is 0 Å². The Kier molecular flexibility index (Phi) is 2.51. The first-order valence-corrected chi connectivity index (χ1v) is 7.36. The number of aromatic nitrogens is 1. The average Bonchev–Trinajstić information content (AvgIpc) is 2.79. The van der Waals surface area contributed by atoms with Crippen LogP contribution in [0, 0.1) is 0 Å². The highest BCUT2D eigenvalue weighted by molar-refractivity contribution is 6.30. The van der Waals surface area contributed by atoms with E-state index in [9.17, 15) is 0 Å². The number of hydrogen-bond acceptors (Lipinski definition) is 1. The number of fused-ring (bicyclic) bond motifs is 5. The molecule has 2 nitrogen and oxygen atoms in total. The van der Waals surface area contributed by atoms with Crippen molar-refractivity contribution >= 4 is 11.6 Å². The van der Waals surface area contributed by atoms with Gasteiger partial charge in [-0.1, -0.05) is 17.7 Å². The van der Waals surface area contributed by atoms with Crippen molar-refractivity contribution in [3.05, 3.63) is 46.1 Å². The zero-order chi connectivity index (χ0) is 13.0. The number of nitrogens with one attached hydrogen (secondary N) is 1. The lowest BCUT2D eigenvalue weighted by Crippen LogP contribution is -2.31. The van der Waals surface area contributed by atoms with Crippen LogP contribution in [0.2, 0.25) is 5.02 Å². The van der Waals surface area contributed by atoms with Crippen molar-refractivity contribution in [2.24, 2.45) is 0 Å². The maximum Gasteiger partial charge on any atom is 0.0519 e. The zero-order valence-electron chi connectivity index (χ0n) is 11.0. The smallest absolute Gasteiger partial charge is 0.0519 e. The fourth-order valence-corrected chi connectivity index (χ4v) is 3.66. The molecule has 1 N–H and O–H groups in total. The van der Waals surface area contributed by atoms with Gasteiger partial charge in [0.1, 0.15) is 0 Å². The highest BCUT2D eigenvalue weighted by Crippen LogP contribution is 2.39. The second-order valence-corrected chi connectivity index (χ2v) is 6.01. The van der Waals surface area contributed by atoms with Crippen LogP contribution in [-0.4, -0.2) is 11.1 Å². The van der Waals surface area contributed by atoms with Crippen LogP contribution in [-0.2, 0) is 19.4 Å². The van der Waals surface area contributed by atoms with Crippen LogP contribution in [0.3, 0.4) is 0 Å². The van der Waals surface area contributed by atoms with Crippen LogP contribution in [0.25, 0.3) is 11.3 Å². The topological polar surface area (TPSA) is 17.0 Å². The predicted molar refractivity (Wildman–Crippen MR) is 78.7 cm³/mol. The number of halogens is 1. The maximum atomic E-state index is 6.20. The van der Waals surface area contributed by atoms with E-state index in [-0.39, 0.29) is 0 Å². The standard InChI is InChI=1S/C16H17ClN2/c1-10-15-8-12-3-2-11-4-5-13(17)9-14(11)16(12)19(15)7-6-18-10/h4-5,8-10,18H,2-3,6-7H2,1H3. The number of rotatable bonds is 0. The van der Waals surface area contributed by atoms with Crippen LogP contribution in [0.15, 0.2) is 24.3 Å². The van der Waals surface area contributed by atoms with E-state index >= 15 is 0 Å². The molecule has 0 saturated heterocycles. The summed E-state index contributed by atoms with van der Waals surface area (Å²) in [5.74, 6) is 0. The molecule has 3 heteroatoms. The maximum absolute atomic E-state index is 6.20. The van der Waals surface area contributed by atoms with Crippen molar-refractivity contribution in [3.8, 4) is 11.3 Å². The number of aryl methyl sites for hydroxylation is 2. The van der Waals surface area contributed by atoms with E-state index in [1.165, 1.54) is 28.1 Å². The van der Waals surface area contributed by atoms with Gasteiger partial charge in [-0.3, -0.25) is 0 Å². The summed E-state index contributed by atoms with van der Waals surface area (Å²) in [5, 5.41) is 4.37. The lowest BCUT2D eigenvalue weighted by molar-refractivity contribution is 0.451. The molecule has 2 heterocycles. The quantitative estimate of drug-likeness (QED) is 0.776. The monoisotopic (exact) mass is 272 g/mol. The van der Waals surface area contributed by atoms with Crippen LogP contribution in [0.1, 0.15) is 29.8 Å². The molecule has 0 spiro atoms. The molecule has 0 fully saturated rings. The van der Waals surface area contributed by atoms with Gasteiger partial charge in [0.05, 0.1) is 5.69 Å². The molecule has 98 valence electrons. The fourth-order valence-electron chi connectivity index (χ4n) is 3.49. The summed E-state index contributed by atoms with van der Waals surface area (Å²) in [6.07, 6.45) is 2.28. The first kappa shape index (κ1) is 11.6. The first-order chi connectivity index (χ1) is 9.24. The Morgan fingerprint density at radius 3 is 2.95 bits per heavy atom. The Morgan fingerprint density at radius 2 is 2.05 bits per heavy atom. The van der Waals surface area contributed by atoms with Crippen LogP contribution < -0.4 is 5.32 Å². The summed E-state index contributed by atoms with van der Waals surface area (Å²) in [7, 11) is 0. The van der Waals surface area contributed by atoms with E-state index in [0.717, 1.165) is 31.0 Å². The number of benzene rings is 1. The Balaban J connectivity index is 1.98. The average molecular weight is 273 g/mol. The van der Waals surface area contributed by atoms with Gasteiger partial charge in [0, 0.05) is 35.4 Å². The summed E-state index contributed by atoms with van der Waals surface area (Å²) in [4.78, 5) is 0. The SMILES string of the molecule is CC1NCCn2c1cc1c2-c2cc(Cl)ccc2CC1. The molecule has 0 saturated carbocycles. The van der Waals surface area contributed by atoms with Gasteiger partial charge in [-0.15, -0.1) is 0 Å². The molecule has 4 rings (SSSR count). The summed E-state index contributed by atoms with van der Waals surface area (Å²) >= 11 is 6.20. The van der Waals surface area contributed by atoms with Crippen molar-refractivity contribution < 1.29 is 0 Å². The fraction of sp³-hybridized carbons (Fsp3) is 0.375. The summed E-state index contributed by atoms with van der Waals surface area (Å²) in [6, 6.07) is 9.16. The van der Waals surface area contributed by atoms with Crippen molar-refractivity contribution in [2.75, 3.05) is 6.54 Å². The van der Waals surface area contributed by atoms with E-state index in [2.05, 4.69) is 35.0 Å². The Labute approximate surface area is 118 Å². The van der Waals surface area contributed by atoms with Crippen LogP contribution in [0.5, 0.6) is 0 Å². The third-order valence-corrected chi connectivity index (χ3v) is 4.66. The Bertz CT molecular complexity index is 657. The highest BCUT2D eigenvalue weighted by atomic mass is 35.5. The Morgan fingerprint density at radius 1 is 1.21 bits per heavy atom. The normalized spacial score (nSPS) is 20.6. The highest BCUT2D eigenvalue weighted by Gasteiger charge is 2.26. The first-order valence-electron chi connectivity index (χ1n) is 6.98. The van der Waals surface area contributed by atoms with Crippen molar-refractivity contribution in [2.45, 2.75) is 32.4 Å². The molecule has 1 aliphatic heterocycles. The molecular weight excluding hydrogens is 256 g/mol. The van der Waals surface area contributed by atoms with Crippen LogP contribution >= 0.6 is 11.6 Å². The molecule has 1 aromatic carbocycles.